The lowest BCUT2D eigenvalue weighted by Gasteiger charge is -2.20. The van der Waals surface area contributed by atoms with Crippen LogP contribution in [0.25, 0.3) is 0 Å². The Bertz CT molecular complexity index is 905. The largest absolute Gasteiger partial charge is 0.472 e. The van der Waals surface area contributed by atoms with Crippen LogP contribution < -0.4 is 5.73 Å². The molecule has 2 unspecified atom stereocenters. The number of carbonyl (C=O) groups is 1. The Morgan fingerprint density at radius 2 is 1.12 bits per heavy atom. The van der Waals surface area contributed by atoms with Crippen LogP contribution in [0.4, 0.5) is 0 Å². The maximum atomic E-state index is 12.5. The molecule has 0 saturated heterocycles. The molecular weight excluding hydrogens is 649 g/mol. The zero-order valence-electron chi connectivity index (χ0n) is 32.1. The predicted molar refractivity (Wildman–Crippen MR) is 210 cm³/mol. The van der Waals surface area contributed by atoms with Gasteiger partial charge in [-0.25, -0.2) is 4.57 Å². The second-order valence-electron chi connectivity index (χ2n) is 13.1. The molecule has 3 N–H and O–H groups in total. The van der Waals surface area contributed by atoms with Crippen molar-refractivity contribution in [1.82, 2.24) is 0 Å². The molecule has 2 atom stereocenters. The van der Waals surface area contributed by atoms with Gasteiger partial charge in [0.05, 0.1) is 19.8 Å². The lowest BCUT2D eigenvalue weighted by molar-refractivity contribution is -0.154. The molecule has 50 heavy (non-hydrogen) atoms. The van der Waals surface area contributed by atoms with Gasteiger partial charge in [-0.3, -0.25) is 13.8 Å². The summed E-state index contributed by atoms with van der Waals surface area (Å²) in [4.78, 5) is 22.4. The molecule has 0 heterocycles. The Balaban J connectivity index is 4.07. The fourth-order valence-corrected chi connectivity index (χ4v) is 6.06. The van der Waals surface area contributed by atoms with Gasteiger partial charge in [0.25, 0.3) is 0 Å². The van der Waals surface area contributed by atoms with Crippen molar-refractivity contribution in [3.63, 3.8) is 0 Å². The Morgan fingerprint density at radius 3 is 1.70 bits per heavy atom. The average Bonchev–Trinajstić information content (AvgIpc) is 3.10. The Morgan fingerprint density at radius 1 is 0.620 bits per heavy atom. The Hall–Kier alpha value is -1.54. The standard InChI is InChI=1S/C41H76NO7P/c1-3-5-7-9-11-13-15-17-18-19-20-21-23-25-27-29-31-33-36-46-38-40(39-48-50(44,45)47-37-35-42)49-41(43)34-32-30-28-26-24-22-16-14-12-10-8-6-4-2/h5,7,11,13-14,16-18,40H,3-4,6,8-10,12,15,19-39,42H2,1-2H3,(H,44,45)/b7-5-,13-11-,16-14-,18-17-. The summed E-state index contributed by atoms with van der Waals surface area (Å²) in [6.07, 6.45) is 44.1. The summed E-state index contributed by atoms with van der Waals surface area (Å²) in [6, 6.07) is 0. The minimum atomic E-state index is -4.28. The molecule has 0 aromatic carbocycles. The fourth-order valence-electron chi connectivity index (χ4n) is 5.30. The van der Waals surface area contributed by atoms with E-state index in [4.69, 9.17) is 24.3 Å². The van der Waals surface area contributed by atoms with Gasteiger partial charge in [-0.15, -0.1) is 0 Å². The zero-order valence-corrected chi connectivity index (χ0v) is 33.0. The van der Waals surface area contributed by atoms with E-state index in [1.807, 2.05) is 0 Å². The Labute approximate surface area is 307 Å². The van der Waals surface area contributed by atoms with Crippen LogP contribution in [-0.4, -0.2) is 49.9 Å². The third-order valence-corrected chi connectivity index (χ3v) is 9.21. The van der Waals surface area contributed by atoms with Crippen LogP contribution in [-0.2, 0) is 27.9 Å². The van der Waals surface area contributed by atoms with Crippen LogP contribution in [0, 0.1) is 0 Å². The number of phosphoric ester groups is 1. The van der Waals surface area contributed by atoms with Crippen LogP contribution in [0.15, 0.2) is 48.6 Å². The van der Waals surface area contributed by atoms with Crippen molar-refractivity contribution in [2.45, 2.75) is 174 Å². The van der Waals surface area contributed by atoms with Crippen molar-refractivity contribution in [1.29, 1.82) is 0 Å². The smallest absolute Gasteiger partial charge is 0.457 e. The van der Waals surface area contributed by atoms with E-state index in [9.17, 15) is 14.3 Å². The molecule has 9 heteroatoms. The number of esters is 1. The summed E-state index contributed by atoms with van der Waals surface area (Å²) in [5, 5.41) is 0. The molecular formula is C41H76NO7P. The van der Waals surface area contributed by atoms with E-state index in [1.54, 1.807) is 0 Å². The maximum Gasteiger partial charge on any atom is 0.472 e. The highest BCUT2D eigenvalue weighted by atomic mass is 31.2. The first kappa shape index (κ1) is 48.5. The van der Waals surface area contributed by atoms with Gasteiger partial charge >= 0.3 is 13.8 Å². The molecule has 0 radical (unpaired) electrons. The lowest BCUT2D eigenvalue weighted by atomic mass is 10.1. The third-order valence-electron chi connectivity index (χ3n) is 8.23. The van der Waals surface area contributed by atoms with E-state index >= 15 is 0 Å². The molecule has 292 valence electrons. The van der Waals surface area contributed by atoms with E-state index < -0.39 is 13.9 Å². The lowest BCUT2D eigenvalue weighted by Crippen LogP contribution is -2.28. The molecule has 0 aliphatic rings. The number of nitrogens with two attached hydrogens (primary N) is 1. The van der Waals surface area contributed by atoms with Crippen molar-refractivity contribution in [3.05, 3.63) is 48.6 Å². The van der Waals surface area contributed by atoms with Crippen LogP contribution in [0.5, 0.6) is 0 Å². The highest BCUT2D eigenvalue weighted by Gasteiger charge is 2.25. The van der Waals surface area contributed by atoms with Gasteiger partial charge < -0.3 is 20.1 Å². The predicted octanol–water partition coefficient (Wildman–Crippen LogP) is 11.6. The van der Waals surface area contributed by atoms with Crippen molar-refractivity contribution >= 4 is 13.8 Å². The number of allylic oxidation sites excluding steroid dienone is 8. The summed E-state index contributed by atoms with van der Waals surface area (Å²) in [5.74, 6) is -0.344. The second-order valence-corrected chi connectivity index (χ2v) is 14.6. The van der Waals surface area contributed by atoms with E-state index in [2.05, 4.69) is 62.5 Å². The highest BCUT2D eigenvalue weighted by Crippen LogP contribution is 2.43. The third kappa shape index (κ3) is 37.7. The van der Waals surface area contributed by atoms with Gasteiger partial charge in [-0.2, -0.15) is 0 Å². The van der Waals surface area contributed by atoms with E-state index in [0.717, 1.165) is 70.6 Å². The highest BCUT2D eigenvalue weighted by molar-refractivity contribution is 7.47. The number of carbonyl (C=O) groups excluding carboxylic acids is 1. The fraction of sp³-hybridized carbons (Fsp3) is 0.780. The molecule has 0 amide bonds. The molecule has 0 aromatic rings. The number of unbranched alkanes of at least 4 members (excludes halogenated alkanes) is 17. The molecule has 8 nitrogen and oxygen atoms in total. The topological polar surface area (TPSA) is 117 Å². The first-order valence-corrected chi connectivity index (χ1v) is 21.6. The van der Waals surface area contributed by atoms with Crippen molar-refractivity contribution in [2.24, 2.45) is 5.73 Å². The number of rotatable bonds is 38. The number of hydrogen-bond donors (Lipinski definition) is 2. The van der Waals surface area contributed by atoms with Gasteiger partial charge in [0.15, 0.2) is 0 Å². The zero-order chi connectivity index (χ0) is 36.6. The normalized spacial score (nSPS) is 14.1. The van der Waals surface area contributed by atoms with Crippen molar-refractivity contribution < 1.29 is 32.8 Å². The maximum absolute atomic E-state index is 12.5. The average molecular weight is 726 g/mol. The molecule has 0 aliphatic carbocycles. The van der Waals surface area contributed by atoms with Gasteiger partial charge in [0.2, 0.25) is 0 Å². The van der Waals surface area contributed by atoms with Crippen LogP contribution >= 0.6 is 7.82 Å². The van der Waals surface area contributed by atoms with E-state index in [-0.39, 0.29) is 32.3 Å². The molecule has 0 spiro atoms. The summed E-state index contributed by atoms with van der Waals surface area (Å²) in [5.41, 5.74) is 5.36. The molecule has 0 bridgehead atoms. The quantitative estimate of drug-likeness (QED) is 0.0279. The minimum absolute atomic E-state index is 0.0962. The van der Waals surface area contributed by atoms with Gasteiger partial charge in [0, 0.05) is 19.6 Å². The molecule has 0 fully saturated rings. The van der Waals surface area contributed by atoms with Gasteiger partial charge in [-0.05, 0) is 70.6 Å². The molecule has 0 rings (SSSR count). The van der Waals surface area contributed by atoms with E-state index in [0.29, 0.717) is 13.0 Å². The first-order valence-electron chi connectivity index (χ1n) is 20.1. The summed E-state index contributed by atoms with van der Waals surface area (Å²) >= 11 is 0. The van der Waals surface area contributed by atoms with Crippen LogP contribution in [0.2, 0.25) is 0 Å². The Kier molecular flexibility index (Phi) is 37.5. The first-order chi connectivity index (χ1) is 24.4. The van der Waals surface area contributed by atoms with E-state index in [1.165, 1.54) is 77.0 Å². The summed E-state index contributed by atoms with van der Waals surface area (Å²) < 4.78 is 33.3. The second kappa shape index (κ2) is 38.7. The monoisotopic (exact) mass is 726 g/mol. The molecule has 0 aliphatic heterocycles. The molecule has 0 saturated carbocycles. The number of hydrogen-bond acceptors (Lipinski definition) is 7. The SMILES string of the molecule is CC/C=C\C/C=C\C/C=C\CCCCCCCCCCOCC(COP(=O)(O)OCCN)OC(=O)CCCCCCC/C=C\CCCCCC. The summed E-state index contributed by atoms with van der Waals surface area (Å²) in [6.45, 7) is 4.76. The summed E-state index contributed by atoms with van der Waals surface area (Å²) in [7, 11) is -4.28. The molecule has 0 aromatic heterocycles. The van der Waals surface area contributed by atoms with Crippen molar-refractivity contribution in [2.75, 3.05) is 33.0 Å². The van der Waals surface area contributed by atoms with Gasteiger partial charge in [-0.1, -0.05) is 140 Å². The van der Waals surface area contributed by atoms with Crippen LogP contribution in [0.1, 0.15) is 168 Å². The van der Waals surface area contributed by atoms with Gasteiger partial charge in [0.1, 0.15) is 6.10 Å². The number of ether oxygens (including phenoxy) is 2. The number of phosphoric acid groups is 1. The van der Waals surface area contributed by atoms with Crippen LogP contribution in [0.3, 0.4) is 0 Å². The minimum Gasteiger partial charge on any atom is -0.457 e. The van der Waals surface area contributed by atoms with Crippen molar-refractivity contribution in [3.8, 4) is 0 Å².